The molecule has 2 rings (SSSR count). The minimum Gasteiger partial charge on any atom is -0.454 e. The van der Waals surface area contributed by atoms with E-state index >= 15 is 0 Å². The summed E-state index contributed by atoms with van der Waals surface area (Å²) in [6.45, 7) is 3.62. The molecule has 0 amide bonds. The molecule has 2 aromatic rings. The lowest BCUT2D eigenvalue weighted by molar-refractivity contribution is 0.430. The second-order valence-corrected chi connectivity index (χ2v) is 4.93. The zero-order chi connectivity index (χ0) is 14.7. The first-order valence-electron chi connectivity index (χ1n) is 6.44. The van der Waals surface area contributed by atoms with Crippen molar-refractivity contribution in [3.8, 4) is 11.5 Å². The average molecular weight is 277 g/mol. The van der Waals surface area contributed by atoms with Gasteiger partial charge in [-0.05, 0) is 50.1 Å². The summed E-state index contributed by atoms with van der Waals surface area (Å²) in [4.78, 5) is 0. The van der Waals surface area contributed by atoms with Gasteiger partial charge in [-0.15, -0.1) is 0 Å². The second kappa shape index (κ2) is 6.01. The Balaban J connectivity index is 2.38. The van der Waals surface area contributed by atoms with E-state index in [0.29, 0.717) is 17.7 Å². The maximum atomic E-state index is 13.9. The van der Waals surface area contributed by atoms with E-state index in [1.165, 1.54) is 18.2 Å². The number of hydrogen-bond acceptors (Lipinski definition) is 2. The van der Waals surface area contributed by atoms with Crippen molar-refractivity contribution in [3.05, 3.63) is 59.2 Å². The topological polar surface area (TPSA) is 35.2 Å². The highest BCUT2D eigenvalue weighted by Gasteiger charge is 2.14. The lowest BCUT2D eigenvalue weighted by atomic mass is 10.1. The van der Waals surface area contributed by atoms with E-state index in [1.54, 1.807) is 25.1 Å². The highest BCUT2D eigenvalue weighted by Crippen LogP contribution is 2.30. The molecule has 1 unspecified atom stereocenters. The lowest BCUT2D eigenvalue weighted by Gasteiger charge is -2.14. The summed E-state index contributed by atoms with van der Waals surface area (Å²) in [5, 5.41) is 0. The molecule has 20 heavy (non-hydrogen) atoms. The van der Waals surface area contributed by atoms with Gasteiger partial charge in [0.1, 0.15) is 11.6 Å². The van der Waals surface area contributed by atoms with Crippen LogP contribution >= 0.6 is 0 Å². The van der Waals surface area contributed by atoms with Gasteiger partial charge in [0, 0.05) is 11.6 Å². The van der Waals surface area contributed by atoms with Crippen molar-refractivity contribution in [2.75, 3.05) is 0 Å². The van der Waals surface area contributed by atoms with Gasteiger partial charge in [-0.25, -0.2) is 8.78 Å². The molecule has 0 saturated heterocycles. The van der Waals surface area contributed by atoms with Crippen molar-refractivity contribution >= 4 is 0 Å². The zero-order valence-electron chi connectivity index (χ0n) is 11.5. The molecule has 2 N–H and O–H groups in total. The van der Waals surface area contributed by atoms with Gasteiger partial charge < -0.3 is 10.5 Å². The molecule has 0 bridgehead atoms. The standard InChI is InChI=1S/C16H17F2NO/c1-10-6-7-14(18)16(8-10)20-15-5-3-4-13(17)12(15)9-11(2)19/h3-8,11H,9,19H2,1-2H3. The summed E-state index contributed by atoms with van der Waals surface area (Å²) in [6.07, 6.45) is 0.329. The number of benzene rings is 2. The molecule has 2 aromatic carbocycles. The van der Waals surface area contributed by atoms with Crippen LogP contribution in [0.4, 0.5) is 8.78 Å². The van der Waals surface area contributed by atoms with Gasteiger partial charge in [-0.1, -0.05) is 12.1 Å². The number of nitrogens with two attached hydrogens (primary N) is 1. The molecule has 0 aliphatic heterocycles. The Kier molecular flexibility index (Phi) is 4.35. The number of hydrogen-bond donors (Lipinski definition) is 1. The van der Waals surface area contributed by atoms with Crippen LogP contribution in [0.25, 0.3) is 0 Å². The van der Waals surface area contributed by atoms with Crippen LogP contribution in [0.3, 0.4) is 0 Å². The van der Waals surface area contributed by atoms with E-state index in [2.05, 4.69) is 0 Å². The normalized spacial score (nSPS) is 12.2. The van der Waals surface area contributed by atoms with E-state index in [0.717, 1.165) is 5.56 Å². The highest BCUT2D eigenvalue weighted by atomic mass is 19.1. The van der Waals surface area contributed by atoms with Gasteiger partial charge in [0.05, 0.1) is 0 Å². The van der Waals surface area contributed by atoms with Gasteiger partial charge in [0.25, 0.3) is 0 Å². The quantitative estimate of drug-likeness (QED) is 0.918. The van der Waals surface area contributed by atoms with Crippen LogP contribution in [-0.2, 0) is 6.42 Å². The Bertz CT molecular complexity index is 611. The molecular weight excluding hydrogens is 260 g/mol. The summed E-state index contributed by atoms with van der Waals surface area (Å²) in [6, 6.07) is 8.83. The fourth-order valence-corrected chi connectivity index (χ4v) is 1.96. The van der Waals surface area contributed by atoms with Crippen LogP contribution in [0.1, 0.15) is 18.1 Å². The second-order valence-electron chi connectivity index (χ2n) is 4.93. The Hall–Kier alpha value is -1.94. The van der Waals surface area contributed by atoms with Crippen molar-refractivity contribution in [1.82, 2.24) is 0 Å². The summed E-state index contributed by atoms with van der Waals surface area (Å²) >= 11 is 0. The zero-order valence-corrected chi connectivity index (χ0v) is 11.5. The molecular formula is C16H17F2NO. The van der Waals surface area contributed by atoms with Crippen molar-refractivity contribution in [2.45, 2.75) is 26.3 Å². The van der Waals surface area contributed by atoms with Crippen LogP contribution in [-0.4, -0.2) is 6.04 Å². The van der Waals surface area contributed by atoms with E-state index in [-0.39, 0.29) is 11.8 Å². The van der Waals surface area contributed by atoms with Crippen LogP contribution in [0.5, 0.6) is 11.5 Å². The first-order valence-corrected chi connectivity index (χ1v) is 6.44. The van der Waals surface area contributed by atoms with Crippen molar-refractivity contribution in [2.24, 2.45) is 5.73 Å². The number of rotatable bonds is 4. The van der Waals surface area contributed by atoms with Gasteiger partial charge in [0.2, 0.25) is 0 Å². The lowest BCUT2D eigenvalue weighted by Crippen LogP contribution is -2.19. The van der Waals surface area contributed by atoms with Crippen LogP contribution in [0.2, 0.25) is 0 Å². The van der Waals surface area contributed by atoms with Crippen molar-refractivity contribution < 1.29 is 13.5 Å². The molecule has 0 fully saturated rings. The Morgan fingerprint density at radius 3 is 2.55 bits per heavy atom. The first-order chi connectivity index (χ1) is 9.47. The fraction of sp³-hybridized carbons (Fsp3) is 0.250. The molecule has 1 atom stereocenters. The largest absolute Gasteiger partial charge is 0.454 e. The van der Waals surface area contributed by atoms with Crippen LogP contribution in [0, 0.1) is 18.6 Å². The van der Waals surface area contributed by atoms with E-state index < -0.39 is 11.6 Å². The monoisotopic (exact) mass is 277 g/mol. The summed E-state index contributed by atoms with van der Waals surface area (Å²) in [7, 11) is 0. The van der Waals surface area contributed by atoms with E-state index in [1.807, 2.05) is 6.92 Å². The average Bonchev–Trinajstić information content (AvgIpc) is 2.37. The minimum absolute atomic E-state index is 0.0847. The van der Waals surface area contributed by atoms with Gasteiger partial charge >= 0.3 is 0 Å². The number of halogens is 2. The maximum absolute atomic E-state index is 13.9. The van der Waals surface area contributed by atoms with Gasteiger partial charge in [-0.2, -0.15) is 0 Å². The van der Waals surface area contributed by atoms with Gasteiger partial charge in [-0.3, -0.25) is 0 Å². The molecule has 0 saturated carbocycles. The summed E-state index contributed by atoms with van der Waals surface area (Å²) in [5.41, 5.74) is 6.94. The molecule has 0 radical (unpaired) electrons. The van der Waals surface area contributed by atoms with Crippen LogP contribution < -0.4 is 10.5 Å². The predicted molar refractivity (Wildman–Crippen MR) is 75.0 cm³/mol. The maximum Gasteiger partial charge on any atom is 0.165 e. The molecule has 106 valence electrons. The van der Waals surface area contributed by atoms with Gasteiger partial charge in [0.15, 0.2) is 11.6 Å². The molecule has 0 aliphatic carbocycles. The number of aryl methyl sites for hydroxylation is 1. The third-order valence-electron chi connectivity index (χ3n) is 2.91. The molecule has 2 nitrogen and oxygen atoms in total. The minimum atomic E-state index is -0.480. The van der Waals surface area contributed by atoms with Crippen LogP contribution in [0.15, 0.2) is 36.4 Å². The fourth-order valence-electron chi connectivity index (χ4n) is 1.96. The molecule has 0 heterocycles. The SMILES string of the molecule is Cc1ccc(F)c(Oc2cccc(F)c2CC(C)N)c1. The smallest absolute Gasteiger partial charge is 0.165 e. The molecule has 4 heteroatoms. The highest BCUT2D eigenvalue weighted by molar-refractivity contribution is 5.40. The third kappa shape index (κ3) is 3.33. The predicted octanol–water partition coefficient (Wildman–Crippen LogP) is 3.96. The summed E-state index contributed by atoms with van der Waals surface area (Å²) in [5.74, 6) is -0.493. The van der Waals surface area contributed by atoms with E-state index in [4.69, 9.17) is 10.5 Å². The number of ether oxygens (including phenoxy) is 1. The molecule has 0 spiro atoms. The van der Waals surface area contributed by atoms with Crippen molar-refractivity contribution in [1.29, 1.82) is 0 Å². The Morgan fingerprint density at radius 2 is 1.85 bits per heavy atom. The Labute approximate surface area is 117 Å². The van der Waals surface area contributed by atoms with Crippen molar-refractivity contribution in [3.63, 3.8) is 0 Å². The summed E-state index contributed by atoms with van der Waals surface area (Å²) < 4.78 is 33.1. The first kappa shape index (κ1) is 14.5. The Morgan fingerprint density at radius 1 is 1.10 bits per heavy atom. The molecule has 0 aromatic heterocycles. The third-order valence-corrected chi connectivity index (χ3v) is 2.91. The molecule has 0 aliphatic rings. The van der Waals surface area contributed by atoms with E-state index in [9.17, 15) is 8.78 Å².